The van der Waals surface area contributed by atoms with Crippen molar-refractivity contribution in [2.45, 2.75) is 13.3 Å². The predicted molar refractivity (Wildman–Crippen MR) is 63.7 cm³/mol. The molecular formula is C14H12FN. The van der Waals surface area contributed by atoms with E-state index < -0.39 is 0 Å². The average molecular weight is 213 g/mol. The van der Waals surface area contributed by atoms with Crippen molar-refractivity contribution in [1.29, 1.82) is 0 Å². The van der Waals surface area contributed by atoms with Gasteiger partial charge in [-0.15, -0.1) is 0 Å². The maximum absolute atomic E-state index is 13.1. The fourth-order valence-electron chi connectivity index (χ4n) is 2.17. The number of benzene rings is 2. The summed E-state index contributed by atoms with van der Waals surface area (Å²) in [7, 11) is 0. The molecule has 0 amide bonds. The number of halogens is 1. The largest absolute Gasteiger partial charge is 0.355 e. The molecule has 0 bridgehead atoms. The maximum Gasteiger partial charge on any atom is 0.123 e. The molecule has 1 heterocycles. The molecule has 3 rings (SSSR count). The van der Waals surface area contributed by atoms with E-state index in [1.54, 1.807) is 12.1 Å². The van der Waals surface area contributed by atoms with Crippen molar-refractivity contribution in [3.05, 3.63) is 58.9 Å². The van der Waals surface area contributed by atoms with Crippen LogP contribution in [0.15, 0.2) is 36.4 Å². The number of hydrogen-bond donors (Lipinski definition) is 1. The topological polar surface area (TPSA) is 12.0 Å². The molecule has 0 aliphatic carbocycles. The van der Waals surface area contributed by atoms with Crippen molar-refractivity contribution in [2.75, 3.05) is 5.32 Å². The molecule has 1 nitrogen and oxygen atoms in total. The molecule has 0 saturated carbocycles. The Morgan fingerprint density at radius 3 is 2.50 bits per heavy atom. The van der Waals surface area contributed by atoms with Crippen LogP contribution >= 0.6 is 0 Å². The van der Waals surface area contributed by atoms with Crippen LogP contribution in [-0.4, -0.2) is 0 Å². The van der Waals surface area contributed by atoms with E-state index in [0.717, 1.165) is 23.4 Å². The van der Waals surface area contributed by atoms with E-state index in [9.17, 15) is 4.39 Å². The van der Waals surface area contributed by atoms with Crippen LogP contribution in [-0.2, 0) is 6.42 Å². The van der Waals surface area contributed by atoms with Crippen LogP contribution in [0.4, 0.5) is 15.8 Å². The second kappa shape index (κ2) is 3.34. The summed E-state index contributed by atoms with van der Waals surface area (Å²) in [6.07, 6.45) is 0.803. The Bertz CT molecular complexity index is 511. The first-order chi connectivity index (χ1) is 7.72. The summed E-state index contributed by atoms with van der Waals surface area (Å²) in [5.74, 6) is -0.170. The van der Waals surface area contributed by atoms with Crippen LogP contribution in [0.1, 0.15) is 16.7 Å². The minimum atomic E-state index is -0.170. The van der Waals surface area contributed by atoms with Gasteiger partial charge in [0, 0.05) is 17.8 Å². The van der Waals surface area contributed by atoms with Gasteiger partial charge in [0.15, 0.2) is 0 Å². The van der Waals surface area contributed by atoms with Gasteiger partial charge < -0.3 is 5.32 Å². The Hall–Kier alpha value is -1.83. The van der Waals surface area contributed by atoms with Crippen LogP contribution in [0.5, 0.6) is 0 Å². The number of anilines is 2. The monoisotopic (exact) mass is 213 g/mol. The first-order valence-electron chi connectivity index (χ1n) is 5.37. The third-order valence-electron chi connectivity index (χ3n) is 2.98. The van der Waals surface area contributed by atoms with Crippen LogP contribution in [0, 0.1) is 12.7 Å². The van der Waals surface area contributed by atoms with Crippen molar-refractivity contribution in [3.8, 4) is 0 Å². The smallest absolute Gasteiger partial charge is 0.123 e. The Labute approximate surface area is 93.9 Å². The van der Waals surface area contributed by atoms with Gasteiger partial charge in [-0.05, 0) is 42.3 Å². The number of aryl methyl sites for hydroxylation is 1. The molecule has 2 aromatic rings. The van der Waals surface area contributed by atoms with Gasteiger partial charge in [0.2, 0.25) is 0 Å². The fourth-order valence-corrected chi connectivity index (χ4v) is 2.17. The van der Waals surface area contributed by atoms with E-state index in [4.69, 9.17) is 0 Å². The highest BCUT2D eigenvalue weighted by atomic mass is 19.1. The van der Waals surface area contributed by atoms with Crippen molar-refractivity contribution in [2.24, 2.45) is 0 Å². The molecule has 1 N–H and O–H groups in total. The van der Waals surface area contributed by atoms with Crippen molar-refractivity contribution in [1.82, 2.24) is 0 Å². The second-order valence-corrected chi connectivity index (χ2v) is 4.26. The van der Waals surface area contributed by atoms with E-state index in [2.05, 4.69) is 30.4 Å². The highest BCUT2D eigenvalue weighted by Crippen LogP contribution is 2.33. The van der Waals surface area contributed by atoms with Gasteiger partial charge in [0.25, 0.3) is 0 Å². The summed E-state index contributed by atoms with van der Waals surface area (Å²) in [6.45, 7) is 2.07. The van der Waals surface area contributed by atoms with Crippen LogP contribution in [0.25, 0.3) is 0 Å². The lowest BCUT2D eigenvalue weighted by Gasteiger charge is -2.21. The molecule has 16 heavy (non-hydrogen) atoms. The Balaban J connectivity index is 2.10. The lowest BCUT2D eigenvalue weighted by Crippen LogP contribution is -2.07. The van der Waals surface area contributed by atoms with E-state index in [1.807, 2.05) is 0 Å². The molecule has 2 heteroatoms. The Morgan fingerprint density at radius 1 is 1.00 bits per heavy atom. The van der Waals surface area contributed by atoms with Gasteiger partial charge in [0.1, 0.15) is 5.82 Å². The zero-order chi connectivity index (χ0) is 11.1. The third kappa shape index (κ3) is 1.47. The van der Waals surface area contributed by atoms with Gasteiger partial charge in [-0.2, -0.15) is 0 Å². The molecule has 0 fully saturated rings. The lowest BCUT2D eigenvalue weighted by atomic mass is 9.96. The third-order valence-corrected chi connectivity index (χ3v) is 2.98. The molecular weight excluding hydrogens is 201 g/mol. The SMILES string of the molecule is Cc1ccc2c(c1)Cc1cc(F)ccc1N2. The standard InChI is InChI=1S/C14H12FN/c1-9-2-4-13-10(6-9)7-11-8-12(15)3-5-14(11)16-13/h2-6,8,16H,7H2,1H3. The first kappa shape index (κ1) is 9.40. The van der Waals surface area contributed by atoms with E-state index in [1.165, 1.54) is 17.2 Å². The first-order valence-corrected chi connectivity index (χ1v) is 5.37. The Morgan fingerprint density at radius 2 is 1.69 bits per heavy atom. The molecule has 2 aromatic carbocycles. The maximum atomic E-state index is 13.1. The average Bonchev–Trinajstić information content (AvgIpc) is 2.26. The molecule has 0 saturated heterocycles. The minimum Gasteiger partial charge on any atom is -0.355 e. The van der Waals surface area contributed by atoms with Gasteiger partial charge in [-0.1, -0.05) is 17.7 Å². The van der Waals surface area contributed by atoms with Crippen molar-refractivity contribution in [3.63, 3.8) is 0 Å². The summed E-state index contributed by atoms with van der Waals surface area (Å²) < 4.78 is 13.1. The Kier molecular flexibility index (Phi) is 1.96. The number of nitrogens with one attached hydrogen (secondary N) is 1. The summed E-state index contributed by atoms with van der Waals surface area (Å²) in [6, 6.07) is 11.2. The molecule has 0 spiro atoms. The van der Waals surface area contributed by atoms with Crippen molar-refractivity contribution < 1.29 is 4.39 Å². The number of fused-ring (bicyclic) bond motifs is 2. The molecule has 0 atom stereocenters. The minimum absolute atomic E-state index is 0.170. The molecule has 0 radical (unpaired) electrons. The summed E-state index contributed by atoms with van der Waals surface area (Å²) >= 11 is 0. The highest BCUT2D eigenvalue weighted by Gasteiger charge is 2.14. The normalized spacial score (nSPS) is 12.6. The number of hydrogen-bond acceptors (Lipinski definition) is 1. The van der Waals surface area contributed by atoms with Gasteiger partial charge >= 0.3 is 0 Å². The summed E-state index contributed by atoms with van der Waals surface area (Å²) in [5.41, 5.74) is 5.64. The van der Waals surface area contributed by atoms with Gasteiger partial charge in [-0.25, -0.2) is 4.39 Å². The number of rotatable bonds is 0. The zero-order valence-electron chi connectivity index (χ0n) is 9.05. The van der Waals surface area contributed by atoms with Crippen LogP contribution in [0.2, 0.25) is 0 Å². The van der Waals surface area contributed by atoms with Crippen LogP contribution in [0.3, 0.4) is 0 Å². The van der Waals surface area contributed by atoms with Gasteiger partial charge in [0.05, 0.1) is 0 Å². The van der Waals surface area contributed by atoms with E-state index >= 15 is 0 Å². The summed E-state index contributed by atoms with van der Waals surface area (Å²) in [4.78, 5) is 0. The van der Waals surface area contributed by atoms with Crippen molar-refractivity contribution >= 4 is 11.4 Å². The zero-order valence-corrected chi connectivity index (χ0v) is 9.05. The van der Waals surface area contributed by atoms with E-state index in [0.29, 0.717) is 0 Å². The fraction of sp³-hybridized carbons (Fsp3) is 0.143. The molecule has 0 aromatic heterocycles. The molecule has 1 aliphatic heterocycles. The predicted octanol–water partition coefficient (Wildman–Crippen LogP) is 3.78. The molecule has 0 unspecified atom stereocenters. The second-order valence-electron chi connectivity index (χ2n) is 4.26. The lowest BCUT2D eigenvalue weighted by molar-refractivity contribution is 0.626. The summed E-state index contributed by atoms with van der Waals surface area (Å²) in [5, 5.41) is 3.33. The highest BCUT2D eigenvalue weighted by molar-refractivity contribution is 5.71. The quantitative estimate of drug-likeness (QED) is 0.599. The van der Waals surface area contributed by atoms with Gasteiger partial charge in [-0.3, -0.25) is 0 Å². The molecule has 1 aliphatic rings. The van der Waals surface area contributed by atoms with Crippen LogP contribution < -0.4 is 5.32 Å². The molecule has 80 valence electrons. The van der Waals surface area contributed by atoms with E-state index in [-0.39, 0.29) is 5.82 Å².